The number of nitrogens with zero attached hydrogens (tertiary/aromatic N) is 2. The molecule has 194 valence electrons. The van der Waals surface area contributed by atoms with Crippen molar-refractivity contribution in [1.29, 1.82) is 0 Å². The minimum atomic E-state index is -3.88. The lowest BCUT2D eigenvalue weighted by atomic mass is 10.0. The van der Waals surface area contributed by atoms with Gasteiger partial charge in [0.1, 0.15) is 10.9 Å². The Kier molecular flexibility index (Phi) is 8.99. The molecule has 3 N–H and O–H groups in total. The number of aromatic nitrogens is 2. The summed E-state index contributed by atoms with van der Waals surface area (Å²) < 4.78 is 31.1. The van der Waals surface area contributed by atoms with E-state index in [0.29, 0.717) is 34.8 Å². The number of nitrogens with two attached hydrogens (primary N) is 1. The lowest BCUT2D eigenvalue weighted by Gasteiger charge is -2.24. The molecular formula is C26H33N3O5S2. The number of imidazole rings is 1. The molecule has 0 saturated carbocycles. The molecule has 0 fully saturated rings. The number of primary sulfonamides is 1. The fourth-order valence-electron chi connectivity index (χ4n) is 4.08. The van der Waals surface area contributed by atoms with Crippen LogP contribution >= 0.6 is 11.8 Å². The van der Waals surface area contributed by atoms with E-state index in [1.807, 2.05) is 35.1 Å². The first-order valence-corrected chi connectivity index (χ1v) is 14.6. The molecule has 0 aliphatic heterocycles. The average Bonchev–Trinajstić information content (AvgIpc) is 3.20. The number of rotatable bonds is 11. The van der Waals surface area contributed by atoms with E-state index in [1.165, 1.54) is 24.8 Å². The number of sulfonamides is 1. The van der Waals surface area contributed by atoms with Crippen LogP contribution in [-0.4, -0.2) is 41.9 Å². The number of hydrogen-bond donors (Lipinski definition) is 2. The van der Waals surface area contributed by atoms with Crippen LogP contribution in [0.1, 0.15) is 50.7 Å². The monoisotopic (exact) mass is 531 g/mol. The molecule has 0 radical (unpaired) electrons. The molecule has 1 aromatic heterocycles. The van der Waals surface area contributed by atoms with E-state index in [4.69, 9.17) is 14.9 Å². The van der Waals surface area contributed by atoms with Crippen LogP contribution in [0.15, 0.2) is 58.5 Å². The highest BCUT2D eigenvalue weighted by Gasteiger charge is 2.41. The zero-order chi connectivity index (χ0) is 26.5. The summed E-state index contributed by atoms with van der Waals surface area (Å²) in [7, 11) is -3.88. The Labute approximate surface area is 216 Å². The standard InChI is InChI=1S/C26H33N3O5S2/c1-5-7-12-22-28-24(35-4)23(26(3,31)25(30)34-6-2)29(22)17-18-13-15-19(16-14-18)20-10-8-9-11-21(20)36(27,32)33/h8-11,13-16,31H,5-7,12,17H2,1-4H3,(H2,27,32,33). The number of carbonyl (C=O) groups is 1. The third kappa shape index (κ3) is 6.00. The number of aliphatic hydroxyl groups is 1. The van der Waals surface area contributed by atoms with Crippen LogP contribution in [0.3, 0.4) is 0 Å². The second kappa shape index (κ2) is 11.6. The number of hydrogen-bond acceptors (Lipinski definition) is 7. The maximum Gasteiger partial charge on any atom is 0.344 e. The van der Waals surface area contributed by atoms with Crippen molar-refractivity contribution in [3.05, 3.63) is 65.6 Å². The highest BCUT2D eigenvalue weighted by Crippen LogP contribution is 2.34. The zero-order valence-corrected chi connectivity index (χ0v) is 22.7. The van der Waals surface area contributed by atoms with Gasteiger partial charge in [0.2, 0.25) is 15.6 Å². The molecule has 0 amide bonds. The quantitative estimate of drug-likeness (QED) is 0.282. The zero-order valence-electron chi connectivity index (χ0n) is 21.0. The molecule has 0 aliphatic carbocycles. The molecule has 0 spiro atoms. The average molecular weight is 532 g/mol. The van der Waals surface area contributed by atoms with Gasteiger partial charge in [-0.15, -0.1) is 11.8 Å². The highest BCUT2D eigenvalue weighted by molar-refractivity contribution is 7.98. The van der Waals surface area contributed by atoms with Crippen molar-refractivity contribution in [3.8, 4) is 11.1 Å². The molecule has 36 heavy (non-hydrogen) atoms. The Balaban J connectivity index is 2.05. The molecule has 10 heteroatoms. The van der Waals surface area contributed by atoms with Crippen LogP contribution in [0, 0.1) is 0 Å². The van der Waals surface area contributed by atoms with E-state index in [2.05, 4.69) is 6.92 Å². The summed E-state index contributed by atoms with van der Waals surface area (Å²) in [4.78, 5) is 17.5. The smallest absolute Gasteiger partial charge is 0.344 e. The number of benzene rings is 2. The Morgan fingerprint density at radius 2 is 1.83 bits per heavy atom. The molecular weight excluding hydrogens is 498 g/mol. The number of aryl methyl sites for hydroxylation is 1. The van der Waals surface area contributed by atoms with E-state index in [1.54, 1.807) is 25.1 Å². The van der Waals surface area contributed by atoms with Gasteiger partial charge in [0.15, 0.2) is 0 Å². The van der Waals surface area contributed by atoms with Gasteiger partial charge in [0.25, 0.3) is 0 Å². The molecule has 0 aliphatic rings. The Hall–Kier alpha value is -2.66. The second-order valence-corrected chi connectivity index (χ2v) is 10.9. The molecule has 0 bridgehead atoms. The summed E-state index contributed by atoms with van der Waals surface area (Å²) in [6, 6.07) is 14.0. The third-order valence-electron chi connectivity index (χ3n) is 5.90. The van der Waals surface area contributed by atoms with Gasteiger partial charge in [-0.25, -0.2) is 23.3 Å². The highest BCUT2D eigenvalue weighted by atomic mass is 32.2. The second-order valence-electron chi connectivity index (χ2n) is 8.61. The Bertz CT molecular complexity index is 1320. The molecule has 0 saturated heterocycles. The summed E-state index contributed by atoms with van der Waals surface area (Å²) >= 11 is 1.37. The first-order valence-electron chi connectivity index (χ1n) is 11.8. The summed E-state index contributed by atoms with van der Waals surface area (Å²) in [5, 5.41) is 17.3. The summed E-state index contributed by atoms with van der Waals surface area (Å²) in [5.41, 5.74) is 0.663. The SMILES string of the molecule is CCCCc1nc(SC)c(C(C)(O)C(=O)OCC)n1Cc1ccc(-c2ccccc2S(N)(=O)=O)cc1. The van der Waals surface area contributed by atoms with Crippen molar-refractivity contribution in [1.82, 2.24) is 9.55 Å². The number of ether oxygens (including phenoxy) is 1. The van der Waals surface area contributed by atoms with Crippen molar-refractivity contribution in [3.63, 3.8) is 0 Å². The van der Waals surface area contributed by atoms with Crippen molar-refractivity contribution < 1.29 is 23.1 Å². The summed E-state index contributed by atoms with van der Waals surface area (Å²) in [6.07, 6.45) is 4.44. The van der Waals surface area contributed by atoms with Gasteiger partial charge in [-0.05, 0) is 43.7 Å². The van der Waals surface area contributed by atoms with Gasteiger partial charge in [-0.2, -0.15) is 0 Å². The maximum atomic E-state index is 12.7. The topological polar surface area (TPSA) is 125 Å². The normalized spacial score (nSPS) is 13.4. The maximum absolute atomic E-state index is 12.7. The fraction of sp³-hybridized carbons (Fsp3) is 0.385. The predicted octanol–water partition coefficient (Wildman–Crippen LogP) is 4.08. The molecule has 1 heterocycles. The summed E-state index contributed by atoms with van der Waals surface area (Å²) in [6.45, 7) is 5.76. The van der Waals surface area contributed by atoms with Crippen molar-refractivity contribution in [2.45, 2.75) is 62.1 Å². The lowest BCUT2D eigenvalue weighted by molar-refractivity contribution is -0.165. The van der Waals surface area contributed by atoms with Gasteiger partial charge in [0.05, 0.1) is 17.2 Å². The van der Waals surface area contributed by atoms with E-state index in [9.17, 15) is 18.3 Å². The van der Waals surface area contributed by atoms with Crippen LogP contribution in [0.2, 0.25) is 0 Å². The lowest BCUT2D eigenvalue weighted by Crippen LogP contribution is -2.37. The largest absolute Gasteiger partial charge is 0.464 e. The molecule has 1 atom stereocenters. The summed E-state index contributed by atoms with van der Waals surface area (Å²) in [5.74, 6) is 0.0582. The van der Waals surface area contributed by atoms with Gasteiger partial charge in [0, 0.05) is 18.5 Å². The van der Waals surface area contributed by atoms with Crippen molar-refractivity contribution in [2.24, 2.45) is 5.14 Å². The van der Waals surface area contributed by atoms with E-state index in [-0.39, 0.29) is 11.5 Å². The van der Waals surface area contributed by atoms with E-state index >= 15 is 0 Å². The van der Waals surface area contributed by atoms with Crippen LogP contribution in [-0.2, 0) is 38.1 Å². The Morgan fingerprint density at radius 3 is 2.42 bits per heavy atom. The van der Waals surface area contributed by atoms with Crippen LogP contribution in [0.4, 0.5) is 0 Å². The van der Waals surface area contributed by atoms with E-state index < -0.39 is 21.6 Å². The number of carbonyl (C=O) groups excluding carboxylic acids is 1. The predicted molar refractivity (Wildman–Crippen MR) is 141 cm³/mol. The minimum absolute atomic E-state index is 0.0617. The van der Waals surface area contributed by atoms with Crippen molar-refractivity contribution in [2.75, 3.05) is 12.9 Å². The van der Waals surface area contributed by atoms with Gasteiger partial charge in [-0.3, -0.25) is 0 Å². The van der Waals surface area contributed by atoms with Crippen LogP contribution in [0.25, 0.3) is 11.1 Å². The number of esters is 1. The third-order valence-corrected chi connectivity index (χ3v) is 7.54. The first kappa shape index (κ1) is 27.9. The minimum Gasteiger partial charge on any atom is -0.464 e. The van der Waals surface area contributed by atoms with Crippen LogP contribution in [0.5, 0.6) is 0 Å². The first-order chi connectivity index (χ1) is 17.0. The molecule has 1 unspecified atom stereocenters. The molecule has 2 aromatic carbocycles. The molecule has 8 nitrogen and oxygen atoms in total. The molecule has 3 aromatic rings. The number of unbranched alkanes of at least 4 members (excludes halogenated alkanes) is 1. The van der Waals surface area contributed by atoms with Gasteiger partial charge < -0.3 is 14.4 Å². The number of thioether (sulfide) groups is 1. The van der Waals surface area contributed by atoms with E-state index in [0.717, 1.165) is 24.2 Å². The fourth-order valence-corrected chi connectivity index (χ4v) is 5.54. The Morgan fingerprint density at radius 1 is 1.17 bits per heavy atom. The van der Waals surface area contributed by atoms with Gasteiger partial charge in [-0.1, -0.05) is 55.8 Å². The van der Waals surface area contributed by atoms with Crippen molar-refractivity contribution >= 4 is 27.8 Å². The molecule has 3 rings (SSSR count). The van der Waals surface area contributed by atoms with Gasteiger partial charge >= 0.3 is 5.97 Å². The van der Waals surface area contributed by atoms with Crippen LogP contribution < -0.4 is 5.14 Å².